The van der Waals surface area contributed by atoms with Gasteiger partial charge in [-0.15, -0.1) is 0 Å². The summed E-state index contributed by atoms with van der Waals surface area (Å²) >= 11 is 0. The number of benzene rings is 2. The van der Waals surface area contributed by atoms with Crippen LogP contribution >= 0.6 is 0 Å². The number of H-pyrrole nitrogens is 1. The Morgan fingerprint density at radius 3 is 2.70 bits per heavy atom. The molecule has 9 heteroatoms. The van der Waals surface area contributed by atoms with E-state index in [1.807, 2.05) is 18.2 Å². The van der Waals surface area contributed by atoms with Crippen molar-refractivity contribution in [1.29, 1.82) is 0 Å². The van der Waals surface area contributed by atoms with Crippen LogP contribution in [0.15, 0.2) is 55.1 Å². The number of fused-ring (bicyclic) bond motifs is 1. The maximum absolute atomic E-state index is 13.3. The molecule has 0 fully saturated rings. The zero-order chi connectivity index (χ0) is 18.8. The molecule has 0 radical (unpaired) electrons. The second-order valence-corrected chi connectivity index (χ2v) is 5.81. The molecule has 0 saturated carbocycles. The summed E-state index contributed by atoms with van der Waals surface area (Å²) in [6.45, 7) is 0. The van der Waals surface area contributed by atoms with Crippen LogP contribution in [0.2, 0.25) is 0 Å². The first-order valence-corrected chi connectivity index (χ1v) is 8.08. The van der Waals surface area contributed by atoms with Gasteiger partial charge in [0.05, 0.1) is 18.1 Å². The predicted octanol–water partition coefficient (Wildman–Crippen LogP) is 3.11. The van der Waals surface area contributed by atoms with E-state index in [9.17, 15) is 9.18 Å². The molecule has 0 bridgehead atoms. The van der Waals surface area contributed by atoms with Crippen molar-refractivity contribution in [3.63, 3.8) is 0 Å². The van der Waals surface area contributed by atoms with Gasteiger partial charge in [0.1, 0.15) is 24.5 Å². The Kier molecular flexibility index (Phi) is 4.25. The summed E-state index contributed by atoms with van der Waals surface area (Å²) in [6, 6.07) is 11.6. The first-order chi connectivity index (χ1) is 13.1. The van der Waals surface area contributed by atoms with Crippen molar-refractivity contribution in [2.75, 3.05) is 12.4 Å². The molecule has 0 aliphatic rings. The number of anilines is 1. The molecule has 2 N–H and O–H groups in total. The van der Waals surface area contributed by atoms with Crippen LogP contribution in [0.1, 0.15) is 17.2 Å². The minimum atomic E-state index is -0.610. The summed E-state index contributed by atoms with van der Waals surface area (Å²) in [5.74, 6) is -0.0216. The number of halogens is 1. The highest BCUT2D eigenvalue weighted by Crippen LogP contribution is 2.28. The molecule has 2 aromatic carbocycles. The lowest BCUT2D eigenvalue weighted by atomic mass is 9.98. The molecule has 2 aromatic heterocycles. The van der Waals surface area contributed by atoms with E-state index in [0.717, 1.165) is 16.6 Å². The maximum atomic E-state index is 13.3. The van der Waals surface area contributed by atoms with Crippen LogP contribution in [0.4, 0.5) is 15.1 Å². The number of carbonyl (C=O) groups excluding carboxylic acids is 1. The Bertz CT molecular complexity index is 1080. The van der Waals surface area contributed by atoms with Gasteiger partial charge in [-0.1, -0.05) is 18.2 Å². The lowest BCUT2D eigenvalue weighted by Crippen LogP contribution is -2.13. The van der Waals surface area contributed by atoms with Gasteiger partial charge in [-0.05, 0) is 35.4 Å². The minimum Gasteiger partial charge on any atom is -0.453 e. The largest absolute Gasteiger partial charge is 0.453 e. The third-order valence-electron chi connectivity index (χ3n) is 4.11. The molecule has 1 unspecified atom stereocenters. The maximum Gasteiger partial charge on any atom is 0.413 e. The van der Waals surface area contributed by atoms with E-state index in [-0.39, 0.29) is 17.8 Å². The van der Waals surface area contributed by atoms with E-state index >= 15 is 0 Å². The molecule has 4 aromatic rings. The van der Waals surface area contributed by atoms with Crippen LogP contribution in [0, 0.1) is 5.82 Å². The van der Waals surface area contributed by atoms with Gasteiger partial charge in [-0.3, -0.25) is 5.32 Å². The van der Waals surface area contributed by atoms with Crippen LogP contribution in [0.3, 0.4) is 0 Å². The van der Waals surface area contributed by atoms with Crippen molar-refractivity contribution < 1.29 is 13.9 Å². The first-order valence-electron chi connectivity index (χ1n) is 8.08. The number of ether oxygens (including phenoxy) is 1. The highest BCUT2D eigenvalue weighted by atomic mass is 19.1. The van der Waals surface area contributed by atoms with Gasteiger partial charge in [0.2, 0.25) is 5.95 Å². The van der Waals surface area contributed by atoms with Crippen LogP contribution < -0.4 is 5.32 Å². The summed E-state index contributed by atoms with van der Waals surface area (Å²) in [5, 5.41) is 6.74. The molecule has 0 spiro atoms. The number of aromatic nitrogens is 5. The number of hydrogen-bond acceptors (Lipinski definition) is 5. The number of carbonyl (C=O) groups is 1. The molecular weight excluding hydrogens is 351 g/mol. The fourth-order valence-corrected chi connectivity index (χ4v) is 2.90. The Labute approximate surface area is 153 Å². The third kappa shape index (κ3) is 3.34. The van der Waals surface area contributed by atoms with Crippen molar-refractivity contribution >= 4 is 23.1 Å². The highest BCUT2D eigenvalue weighted by Gasteiger charge is 2.18. The number of imidazole rings is 1. The molecule has 4 rings (SSSR count). The lowest BCUT2D eigenvalue weighted by molar-refractivity contribution is 0.186. The molecule has 0 aliphatic carbocycles. The zero-order valence-corrected chi connectivity index (χ0v) is 14.3. The first kappa shape index (κ1) is 16.7. The Morgan fingerprint density at radius 2 is 2.00 bits per heavy atom. The lowest BCUT2D eigenvalue weighted by Gasteiger charge is -2.18. The fraction of sp³-hybridized carbons (Fsp3) is 0.111. The topological polar surface area (TPSA) is 97.7 Å². The van der Waals surface area contributed by atoms with Crippen molar-refractivity contribution in [2.24, 2.45) is 0 Å². The number of methoxy groups -OCH3 is 1. The number of nitrogens with zero attached hydrogens (tertiary/aromatic N) is 4. The highest BCUT2D eigenvalue weighted by molar-refractivity contribution is 5.86. The smallest absolute Gasteiger partial charge is 0.413 e. The van der Waals surface area contributed by atoms with Gasteiger partial charge in [-0.25, -0.2) is 23.8 Å². The van der Waals surface area contributed by atoms with Crippen LogP contribution in [0.25, 0.3) is 11.0 Å². The monoisotopic (exact) mass is 366 g/mol. The van der Waals surface area contributed by atoms with Crippen molar-refractivity contribution in [2.45, 2.75) is 6.04 Å². The summed E-state index contributed by atoms with van der Waals surface area (Å²) in [5.41, 5.74) is 3.16. The van der Waals surface area contributed by atoms with Gasteiger partial charge >= 0.3 is 6.09 Å². The van der Waals surface area contributed by atoms with Crippen LogP contribution in [-0.2, 0) is 4.74 Å². The van der Waals surface area contributed by atoms with E-state index in [2.05, 4.69) is 30.1 Å². The van der Waals surface area contributed by atoms with Crippen molar-refractivity contribution in [3.8, 4) is 0 Å². The molecular formula is C18H15FN6O2. The SMILES string of the molecule is COC(=O)Nc1nc2ccc(C(c3ccc(F)cc3)n3cncn3)cc2[nH]1. The van der Waals surface area contributed by atoms with Gasteiger partial charge < -0.3 is 9.72 Å². The number of hydrogen-bond donors (Lipinski definition) is 2. The van der Waals surface area contributed by atoms with E-state index in [4.69, 9.17) is 0 Å². The Morgan fingerprint density at radius 1 is 1.22 bits per heavy atom. The van der Waals surface area contributed by atoms with Crippen LogP contribution in [-0.4, -0.2) is 37.9 Å². The molecule has 0 aliphatic heterocycles. The van der Waals surface area contributed by atoms with Gasteiger partial charge in [-0.2, -0.15) is 5.10 Å². The van der Waals surface area contributed by atoms with Gasteiger partial charge in [0.15, 0.2) is 0 Å². The summed E-state index contributed by atoms with van der Waals surface area (Å²) in [4.78, 5) is 22.7. The van der Waals surface area contributed by atoms with Gasteiger partial charge in [0.25, 0.3) is 0 Å². The molecule has 8 nitrogen and oxygen atoms in total. The number of nitrogens with one attached hydrogen (secondary N) is 2. The average Bonchev–Trinajstić information content (AvgIpc) is 3.32. The average molecular weight is 366 g/mol. The van der Waals surface area contributed by atoms with E-state index in [0.29, 0.717) is 5.52 Å². The molecule has 136 valence electrons. The Balaban J connectivity index is 1.76. The summed E-state index contributed by atoms with van der Waals surface area (Å²) in [6.07, 6.45) is 2.44. The number of aromatic amines is 1. The predicted molar refractivity (Wildman–Crippen MR) is 95.8 cm³/mol. The standard InChI is InChI=1S/C18H15FN6O2/c1-27-18(26)24-17-22-14-7-4-12(8-15(14)23-17)16(25-10-20-9-21-25)11-2-5-13(19)6-3-11/h2-10,16H,1H3,(H2,22,23,24,26). The molecule has 2 heterocycles. The summed E-state index contributed by atoms with van der Waals surface area (Å²) in [7, 11) is 1.28. The fourth-order valence-electron chi connectivity index (χ4n) is 2.90. The van der Waals surface area contributed by atoms with Crippen molar-refractivity contribution in [3.05, 3.63) is 72.1 Å². The van der Waals surface area contributed by atoms with E-state index in [1.165, 1.54) is 25.6 Å². The second kappa shape index (κ2) is 6.87. The normalized spacial score (nSPS) is 12.1. The molecule has 1 amide bonds. The third-order valence-corrected chi connectivity index (χ3v) is 4.11. The molecule has 0 saturated heterocycles. The van der Waals surface area contributed by atoms with Crippen LogP contribution in [0.5, 0.6) is 0 Å². The van der Waals surface area contributed by atoms with E-state index in [1.54, 1.807) is 23.1 Å². The van der Waals surface area contributed by atoms with Crippen molar-refractivity contribution in [1.82, 2.24) is 24.7 Å². The zero-order valence-electron chi connectivity index (χ0n) is 14.3. The Hall–Kier alpha value is -3.75. The number of rotatable bonds is 4. The minimum absolute atomic E-state index is 0.285. The van der Waals surface area contributed by atoms with E-state index < -0.39 is 6.09 Å². The molecule has 1 atom stereocenters. The number of amides is 1. The quantitative estimate of drug-likeness (QED) is 0.578. The molecule has 27 heavy (non-hydrogen) atoms. The second-order valence-electron chi connectivity index (χ2n) is 5.81. The summed E-state index contributed by atoms with van der Waals surface area (Å²) < 4.78 is 19.6. The van der Waals surface area contributed by atoms with Gasteiger partial charge in [0, 0.05) is 0 Å².